The highest BCUT2D eigenvalue weighted by Gasteiger charge is 2.11. The molecule has 0 aliphatic heterocycles. The van der Waals surface area contributed by atoms with Gasteiger partial charge in [-0.3, -0.25) is 4.79 Å². The minimum atomic E-state index is -0.425. The lowest BCUT2D eigenvalue weighted by atomic mass is 10.1. The van der Waals surface area contributed by atoms with E-state index in [0.717, 1.165) is 30.4 Å². The summed E-state index contributed by atoms with van der Waals surface area (Å²) in [4.78, 5) is 11.7. The maximum Gasteiger partial charge on any atom is 0.237 e. The molecule has 1 aromatic carbocycles. The number of unbranched alkanes of at least 4 members (excludes halogenated alkanes) is 1. The van der Waals surface area contributed by atoms with E-state index in [-0.39, 0.29) is 12.5 Å². The molecule has 1 rings (SSSR count). The van der Waals surface area contributed by atoms with Crippen LogP contribution in [0.15, 0.2) is 24.3 Å². The number of nitrogens with one attached hydrogen (secondary N) is 1. The maximum atomic E-state index is 11.7. The number of hydrogen-bond donors (Lipinski definition) is 3. The SMILES string of the molecule is CCCC[C@H](N)C(=O)NCc1cccc(CO)c1. The first-order valence-electron chi connectivity index (χ1n) is 6.39. The van der Waals surface area contributed by atoms with E-state index in [1.807, 2.05) is 24.3 Å². The molecule has 1 atom stereocenters. The third kappa shape index (κ3) is 4.85. The van der Waals surface area contributed by atoms with Gasteiger partial charge in [0.15, 0.2) is 0 Å². The summed E-state index contributed by atoms with van der Waals surface area (Å²) in [5.41, 5.74) is 7.59. The number of amides is 1. The van der Waals surface area contributed by atoms with E-state index in [1.54, 1.807) is 0 Å². The van der Waals surface area contributed by atoms with E-state index in [0.29, 0.717) is 6.54 Å². The molecule has 18 heavy (non-hydrogen) atoms. The zero-order valence-electron chi connectivity index (χ0n) is 10.9. The number of carbonyl (C=O) groups is 1. The van der Waals surface area contributed by atoms with Gasteiger partial charge in [0.2, 0.25) is 5.91 Å². The normalized spacial score (nSPS) is 12.2. The molecule has 1 amide bonds. The molecular formula is C14H22N2O2. The summed E-state index contributed by atoms with van der Waals surface area (Å²) in [7, 11) is 0. The van der Waals surface area contributed by atoms with Crippen molar-refractivity contribution in [2.45, 2.75) is 45.4 Å². The molecule has 0 unspecified atom stereocenters. The van der Waals surface area contributed by atoms with Gasteiger partial charge in [0, 0.05) is 6.54 Å². The topological polar surface area (TPSA) is 75.4 Å². The fourth-order valence-corrected chi connectivity index (χ4v) is 1.71. The van der Waals surface area contributed by atoms with Gasteiger partial charge in [0.25, 0.3) is 0 Å². The van der Waals surface area contributed by atoms with Crippen molar-refractivity contribution in [3.63, 3.8) is 0 Å². The highest BCUT2D eigenvalue weighted by atomic mass is 16.3. The van der Waals surface area contributed by atoms with Gasteiger partial charge >= 0.3 is 0 Å². The van der Waals surface area contributed by atoms with Gasteiger partial charge in [-0.25, -0.2) is 0 Å². The van der Waals surface area contributed by atoms with Gasteiger partial charge in [-0.05, 0) is 17.5 Å². The molecule has 0 heterocycles. The second-order valence-corrected chi connectivity index (χ2v) is 4.44. The molecule has 0 saturated carbocycles. The Morgan fingerprint density at radius 1 is 1.44 bits per heavy atom. The predicted octanol–water partition coefficient (Wildman–Crippen LogP) is 1.31. The van der Waals surface area contributed by atoms with Crippen LogP contribution in [0.2, 0.25) is 0 Å². The van der Waals surface area contributed by atoms with E-state index >= 15 is 0 Å². The third-order valence-electron chi connectivity index (χ3n) is 2.85. The van der Waals surface area contributed by atoms with Crippen LogP contribution < -0.4 is 11.1 Å². The van der Waals surface area contributed by atoms with Crippen LogP contribution in [-0.2, 0) is 17.9 Å². The lowest BCUT2D eigenvalue weighted by Gasteiger charge is -2.12. The summed E-state index contributed by atoms with van der Waals surface area (Å²) in [5.74, 6) is -0.113. The molecule has 1 aromatic rings. The number of carbonyl (C=O) groups excluding carboxylic acids is 1. The van der Waals surface area contributed by atoms with Crippen LogP contribution in [0.3, 0.4) is 0 Å². The van der Waals surface area contributed by atoms with Crippen molar-refractivity contribution in [2.75, 3.05) is 0 Å². The largest absolute Gasteiger partial charge is 0.392 e. The molecule has 0 saturated heterocycles. The Morgan fingerprint density at radius 3 is 2.83 bits per heavy atom. The van der Waals surface area contributed by atoms with Crippen LogP contribution in [0.5, 0.6) is 0 Å². The highest BCUT2D eigenvalue weighted by molar-refractivity contribution is 5.81. The number of rotatable bonds is 7. The van der Waals surface area contributed by atoms with Crippen molar-refractivity contribution in [1.29, 1.82) is 0 Å². The molecule has 0 aromatic heterocycles. The second-order valence-electron chi connectivity index (χ2n) is 4.44. The van der Waals surface area contributed by atoms with Gasteiger partial charge in [-0.15, -0.1) is 0 Å². The number of nitrogens with two attached hydrogens (primary N) is 1. The van der Waals surface area contributed by atoms with E-state index in [1.165, 1.54) is 0 Å². The Hall–Kier alpha value is -1.39. The summed E-state index contributed by atoms with van der Waals surface area (Å²) in [5, 5.41) is 11.8. The van der Waals surface area contributed by atoms with Crippen molar-refractivity contribution in [2.24, 2.45) is 5.73 Å². The summed E-state index contributed by atoms with van der Waals surface area (Å²) in [6, 6.07) is 7.07. The Balaban J connectivity index is 2.41. The molecule has 100 valence electrons. The summed E-state index contributed by atoms with van der Waals surface area (Å²) < 4.78 is 0. The average Bonchev–Trinajstić information content (AvgIpc) is 2.42. The standard InChI is InChI=1S/C14H22N2O2/c1-2-3-7-13(15)14(18)16-9-11-5-4-6-12(8-11)10-17/h4-6,8,13,17H,2-3,7,9-10,15H2,1H3,(H,16,18)/t13-/m0/s1. The van der Waals surface area contributed by atoms with Crippen molar-refractivity contribution >= 4 is 5.91 Å². The zero-order valence-corrected chi connectivity index (χ0v) is 10.9. The lowest BCUT2D eigenvalue weighted by Crippen LogP contribution is -2.40. The van der Waals surface area contributed by atoms with Gasteiger partial charge in [0.05, 0.1) is 12.6 Å². The maximum absolute atomic E-state index is 11.7. The lowest BCUT2D eigenvalue weighted by molar-refractivity contribution is -0.122. The number of aliphatic hydroxyl groups excluding tert-OH is 1. The van der Waals surface area contributed by atoms with Crippen LogP contribution in [-0.4, -0.2) is 17.1 Å². The summed E-state index contributed by atoms with van der Waals surface area (Å²) >= 11 is 0. The first-order valence-corrected chi connectivity index (χ1v) is 6.39. The van der Waals surface area contributed by atoms with E-state index < -0.39 is 6.04 Å². The molecule has 4 nitrogen and oxygen atoms in total. The highest BCUT2D eigenvalue weighted by Crippen LogP contribution is 2.05. The molecule has 4 N–H and O–H groups in total. The predicted molar refractivity (Wildman–Crippen MR) is 71.7 cm³/mol. The fourth-order valence-electron chi connectivity index (χ4n) is 1.71. The van der Waals surface area contributed by atoms with Gasteiger partial charge in [0.1, 0.15) is 0 Å². The average molecular weight is 250 g/mol. The Labute approximate surface area is 108 Å². The monoisotopic (exact) mass is 250 g/mol. The Bertz CT molecular complexity index is 380. The molecule has 0 radical (unpaired) electrons. The van der Waals surface area contributed by atoms with Crippen LogP contribution in [0.1, 0.15) is 37.3 Å². The fraction of sp³-hybridized carbons (Fsp3) is 0.500. The third-order valence-corrected chi connectivity index (χ3v) is 2.85. The van der Waals surface area contributed by atoms with Gasteiger partial charge in [-0.2, -0.15) is 0 Å². The molecule has 0 bridgehead atoms. The first kappa shape index (κ1) is 14.7. The van der Waals surface area contributed by atoms with Crippen molar-refractivity contribution in [3.05, 3.63) is 35.4 Å². The van der Waals surface area contributed by atoms with Crippen LogP contribution in [0, 0.1) is 0 Å². The first-order chi connectivity index (χ1) is 8.67. The summed E-state index contributed by atoms with van der Waals surface area (Å²) in [6.07, 6.45) is 2.73. The van der Waals surface area contributed by atoms with Crippen molar-refractivity contribution < 1.29 is 9.90 Å². The van der Waals surface area contributed by atoms with E-state index in [9.17, 15) is 4.79 Å². The van der Waals surface area contributed by atoms with Crippen molar-refractivity contribution in [3.8, 4) is 0 Å². The van der Waals surface area contributed by atoms with E-state index in [4.69, 9.17) is 10.8 Å². The quantitative estimate of drug-likeness (QED) is 0.683. The molecule has 0 aliphatic carbocycles. The van der Waals surface area contributed by atoms with Crippen LogP contribution in [0.4, 0.5) is 0 Å². The molecule has 0 spiro atoms. The van der Waals surface area contributed by atoms with Gasteiger partial charge in [-0.1, -0.05) is 44.0 Å². The molecule has 0 aliphatic rings. The second kappa shape index (κ2) is 7.84. The van der Waals surface area contributed by atoms with Crippen molar-refractivity contribution in [1.82, 2.24) is 5.32 Å². The molecular weight excluding hydrogens is 228 g/mol. The smallest absolute Gasteiger partial charge is 0.237 e. The summed E-state index contributed by atoms with van der Waals surface area (Å²) in [6.45, 7) is 2.54. The minimum absolute atomic E-state index is 0.0117. The zero-order chi connectivity index (χ0) is 13.4. The molecule has 0 fully saturated rings. The minimum Gasteiger partial charge on any atom is -0.392 e. The van der Waals surface area contributed by atoms with Crippen LogP contribution >= 0.6 is 0 Å². The van der Waals surface area contributed by atoms with Gasteiger partial charge < -0.3 is 16.2 Å². The van der Waals surface area contributed by atoms with E-state index in [2.05, 4.69) is 12.2 Å². The Kier molecular flexibility index (Phi) is 6.39. The number of aliphatic hydroxyl groups is 1. The number of hydrogen-bond acceptors (Lipinski definition) is 3. The molecule has 4 heteroatoms. The number of benzene rings is 1. The Morgan fingerprint density at radius 2 is 2.17 bits per heavy atom. The van der Waals surface area contributed by atoms with Crippen LogP contribution in [0.25, 0.3) is 0 Å².